The Balaban J connectivity index is 1.48. The lowest BCUT2D eigenvalue weighted by molar-refractivity contribution is -0.144. The number of alkyl halides is 1. The van der Waals surface area contributed by atoms with Gasteiger partial charge in [0.15, 0.2) is 0 Å². The van der Waals surface area contributed by atoms with Crippen LogP contribution in [0.15, 0.2) is 41.5 Å². The highest BCUT2D eigenvalue weighted by molar-refractivity contribution is 6.30. The highest BCUT2D eigenvalue weighted by Gasteiger charge is 2.41. The molecule has 0 unspecified atom stereocenters. The number of rotatable bonds is 4. The van der Waals surface area contributed by atoms with Gasteiger partial charge in [0.05, 0.1) is 18.8 Å². The van der Waals surface area contributed by atoms with Crippen molar-refractivity contribution in [1.82, 2.24) is 24.0 Å². The van der Waals surface area contributed by atoms with Gasteiger partial charge in [-0.2, -0.15) is 5.10 Å². The van der Waals surface area contributed by atoms with Gasteiger partial charge in [0.2, 0.25) is 5.91 Å². The van der Waals surface area contributed by atoms with Crippen LogP contribution >= 0.6 is 11.6 Å². The third kappa shape index (κ3) is 4.94. The summed E-state index contributed by atoms with van der Waals surface area (Å²) in [6.07, 6.45) is 0.945. The van der Waals surface area contributed by atoms with Crippen LogP contribution in [0.4, 0.5) is 9.18 Å². The topological polar surface area (TPSA) is 89.2 Å². The van der Waals surface area contributed by atoms with Crippen LogP contribution in [0.3, 0.4) is 0 Å². The molecule has 0 aliphatic carbocycles. The Kier molecular flexibility index (Phi) is 6.05. The zero-order chi connectivity index (χ0) is 26.7. The van der Waals surface area contributed by atoms with Crippen molar-refractivity contribution in [2.45, 2.75) is 51.4 Å². The van der Waals surface area contributed by atoms with Crippen molar-refractivity contribution in [3.05, 3.63) is 57.7 Å². The van der Waals surface area contributed by atoms with Crippen molar-refractivity contribution in [2.75, 3.05) is 26.2 Å². The first kappa shape index (κ1) is 25.3. The minimum Gasteiger partial charge on any atom is -0.444 e. The molecule has 2 aliphatic rings. The lowest BCUT2D eigenvalue weighted by Crippen LogP contribution is -2.60. The Morgan fingerprint density at radius 2 is 1.89 bits per heavy atom. The number of hydrogen-bond donors (Lipinski definition) is 0. The molecule has 0 spiro atoms. The maximum Gasteiger partial charge on any atom is 0.410 e. The van der Waals surface area contributed by atoms with E-state index in [1.165, 1.54) is 22.7 Å². The summed E-state index contributed by atoms with van der Waals surface area (Å²) < 4.78 is 22.2. The smallest absolute Gasteiger partial charge is 0.410 e. The van der Waals surface area contributed by atoms with Crippen LogP contribution in [0.1, 0.15) is 39.3 Å². The third-order valence-electron chi connectivity index (χ3n) is 6.56. The molecule has 1 aromatic carbocycles. The van der Waals surface area contributed by atoms with Crippen LogP contribution in [0, 0.1) is 0 Å². The summed E-state index contributed by atoms with van der Waals surface area (Å²) in [4.78, 5) is 41.7. The quantitative estimate of drug-likeness (QED) is 0.514. The average molecular weight is 530 g/mol. The van der Waals surface area contributed by atoms with Gasteiger partial charge in [-0.1, -0.05) is 23.7 Å². The number of carbonyl (C=O) groups is 2. The van der Waals surface area contributed by atoms with Gasteiger partial charge >= 0.3 is 6.09 Å². The molecule has 37 heavy (non-hydrogen) atoms. The van der Waals surface area contributed by atoms with Crippen LogP contribution < -0.4 is 5.56 Å². The zero-order valence-corrected chi connectivity index (χ0v) is 22.0. The van der Waals surface area contributed by atoms with Gasteiger partial charge < -0.3 is 14.5 Å². The SMILES string of the molecule is CC1(F)CN(C(=O)Cn2cnn3c(C4CN(C(=O)OC(C)(C)C)C4)cc(-c4cccc(Cl)c4)c3c2=O)C1. The minimum absolute atomic E-state index is 0.00905. The summed E-state index contributed by atoms with van der Waals surface area (Å²) in [6, 6.07) is 9.05. The number of hydrogen-bond acceptors (Lipinski definition) is 5. The maximum absolute atomic E-state index is 13.9. The fourth-order valence-electron chi connectivity index (χ4n) is 4.75. The number of carbonyl (C=O) groups excluding carboxylic acids is 2. The monoisotopic (exact) mass is 529 g/mol. The fourth-order valence-corrected chi connectivity index (χ4v) is 4.94. The van der Waals surface area contributed by atoms with E-state index in [0.717, 1.165) is 11.3 Å². The Labute approximate surface area is 218 Å². The molecule has 0 saturated carbocycles. The predicted molar refractivity (Wildman–Crippen MR) is 137 cm³/mol. The molecule has 0 atom stereocenters. The van der Waals surface area contributed by atoms with E-state index in [1.54, 1.807) is 27.6 Å². The molecule has 11 heteroatoms. The number of likely N-dealkylation sites (tertiary alicyclic amines) is 2. The molecule has 196 valence electrons. The lowest BCUT2D eigenvalue weighted by Gasteiger charge is -2.42. The molecule has 2 aliphatic heterocycles. The first-order chi connectivity index (χ1) is 17.3. The highest BCUT2D eigenvalue weighted by atomic mass is 35.5. The van der Waals surface area contributed by atoms with Gasteiger partial charge in [-0.3, -0.25) is 14.2 Å². The summed E-state index contributed by atoms with van der Waals surface area (Å²) in [7, 11) is 0. The molecule has 0 radical (unpaired) electrons. The van der Waals surface area contributed by atoms with E-state index in [9.17, 15) is 18.8 Å². The number of benzene rings is 1. The molecule has 0 bridgehead atoms. The second-order valence-corrected chi connectivity index (χ2v) is 11.5. The molecule has 2 fully saturated rings. The number of ether oxygens (including phenoxy) is 1. The Hall–Kier alpha value is -3.40. The second-order valence-electron chi connectivity index (χ2n) is 11.1. The van der Waals surface area contributed by atoms with Gasteiger partial charge in [0.25, 0.3) is 5.56 Å². The van der Waals surface area contributed by atoms with Crippen molar-refractivity contribution in [1.29, 1.82) is 0 Å². The van der Waals surface area contributed by atoms with Crippen LogP contribution in [-0.2, 0) is 16.1 Å². The normalized spacial score (nSPS) is 17.5. The minimum atomic E-state index is -1.39. The second kappa shape index (κ2) is 8.86. The third-order valence-corrected chi connectivity index (χ3v) is 6.80. The van der Waals surface area contributed by atoms with E-state index in [0.29, 0.717) is 29.2 Å². The highest BCUT2D eigenvalue weighted by Crippen LogP contribution is 2.35. The summed E-state index contributed by atoms with van der Waals surface area (Å²) in [5.41, 5.74) is 0.0722. The fraction of sp³-hybridized carbons (Fsp3) is 0.462. The van der Waals surface area contributed by atoms with E-state index in [2.05, 4.69) is 5.10 Å². The van der Waals surface area contributed by atoms with Crippen molar-refractivity contribution < 1.29 is 18.7 Å². The average Bonchev–Trinajstić information content (AvgIpc) is 3.11. The largest absolute Gasteiger partial charge is 0.444 e. The van der Waals surface area contributed by atoms with Crippen molar-refractivity contribution in [2.24, 2.45) is 0 Å². The van der Waals surface area contributed by atoms with Crippen molar-refractivity contribution >= 4 is 29.1 Å². The summed E-state index contributed by atoms with van der Waals surface area (Å²) in [5.74, 6) is -0.396. The van der Waals surface area contributed by atoms with Crippen LogP contribution in [0.2, 0.25) is 5.02 Å². The molecular formula is C26H29ClFN5O4. The molecule has 2 saturated heterocycles. The Morgan fingerprint density at radius 3 is 2.51 bits per heavy atom. The van der Waals surface area contributed by atoms with Gasteiger partial charge in [0, 0.05) is 29.6 Å². The Bertz CT molecular complexity index is 1440. The van der Waals surface area contributed by atoms with Gasteiger partial charge in [0.1, 0.15) is 29.7 Å². The van der Waals surface area contributed by atoms with Crippen molar-refractivity contribution in [3.63, 3.8) is 0 Å². The summed E-state index contributed by atoms with van der Waals surface area (Å²) in [5, 5.41) is 5.01. The van der Waals surface area contributed by atoms with E-state index in [1.807, 2.05) is 32.9 Å². The Morgan fingerprint density at radius 1 is 1.19 bits per heavy atom. The van der Waals surface area contributed by atoms with E-state index < -0.39 is 16.8 Å². The number of nitrogens with zero attached hydrogens (tertiary/aromatic N) is 5. The standard InChI is InChI=1S/C26H29ClFN5O4/c1-25(2,3)37-24(36)30-10-17(11-30)20-9-19(16-6-5-7-18(27)8-16)22-23(35)31(15-29-33(20)22)12-21(34)32-13-26(4,28)14-32/h5-9,15,17H,10-14H2,1-4H3. The number of aromatic nitrogens is 3. The first-order valence-corrected chi connectivity index (χ1v) is 12.5. The molecule has 2 aromatic heterocycles. The molecule has 2 amide bonds. The molecule has 0 N–H and O–H groups in total. The van der Waals surface area contributed by atoms with Gasteiger partial charge in [-0.05, 0) is 51.5 Å². The van der Waals surface area contributed by atoms with Crippen LogP contribution in [0.25, 0.3) is 16.6 Å². The van der Waals surface area contributed by atoms with Crippen LogP contribution in [0.5, 0.6) is 0 Å². The number of amides is 2. The maximum atomic E-state index is 13.9. The van der Waals surface area contributed by atoms with Crippen molar-refractivity contribution in [3.8, 4) is 11.1 Å². The lowest BCUT2D eigenvalue weighted by atomic mass is 9.96. The van der Waals surface area contributed by atoms with E-state index >= 15 is 0 Å². The number of halogens is 2. The van der Waals surface area contributed by atoms with Crippen LogP contribution in [-0.4, -0.2) is 73.4 Å². The molecule has 4 heterocycles. The van der Waals surface area contributed by atoms with Gasteiger partial charge in [-0.25, -0.2) is 13.7 Å². The summed E-state index contributed by atoms with van der Waals surface area (Å²) in [6.45, 7) is 7.54. The van der Waals surface area contributed by atoms with E-state index in [4.69, 9.17) is 16.3 Å². The number of fused-ring (bicyclic) bond motifs is 1. The molecule has 9 nitrogen and oxygen atoms in total. The molecule has 5 rings (SSSR count). The zero-order valence-electron chi connectivity index (χ0n) is 21.2. The molecular weight excluding hydrogens is 501 g/mol. The first-order valence-electron chi connectivity index (χ1n) is 12.1. The summed E-state index contributed by atoms with van der Waals surface area (Å²) >= 11 is 6.24. The van der Waals surface area contributed by atoms with Gasteiger partial charge in [-0.15, -0.1) is 0 Å². The molecule has 3 aromatic rings. The van der Waals surface area contributed by atoms with E-state index in [-0.39, 0.29) is 37.6 Å². The predicted octanol–water partition coefficient (Wildman–Crippen LogP) is 3.72.